The van der Waals surface area contributed by atoms with E-state index in [-0.39, 0.29) is 17.8 Å². The van der Waals surface area contributed by atoms with Gasteiger partial charge in [-0.2, -0.15) is 0 Å². The van der Waals surface area contributed by atoms with Gasteiger partial charge in [-0.1, -0.05) is 6.07 Å². The summed E-state index contributed by atoms with van der Waals surface area (Å²) >= 11 is 5.85. The zero-order valence-corrected chi connectivity index (χ0v) is 19.3. The topological polar surface area (TPSA) is 56.6 Å². The molecule has 2 N–H and O–H groups in total. The van der Waals surface area contributed by atoms with Gasteiger partial charge in [0.15, 0.2) is 5.11 Å². The molecular formula is C26H25N5OS. The van der Waals surface area contributed by atoms with Crippen LogP contribution in [0.5, 0.6) is 5.75 Å². The summed E-state index contributed by atoms with van der Waals surface area (Å²) in [4.78, 5) is 8.88. The maximum absolute atomic E-state index is 9.76. The molecule has 7 heteroatoms. The van der Waals surface area contributed by atoms with Crippen molar-refractivity contribution in [3.63, 3.8) is 0 Å². The Labute approximate surface area is 198 Å². The predicted molar refractivity (Wildman–Crippen MR) is 136 cm³/mol. The van der Waals surface area contributed by atoms with Crippen LogP contribution in [0.2, 0.25) is 0 Å². The molecule has 0 saturated carbocycles. The second kappa shape index (κ2) is 8.60. The Kier molecular flexibility index (Phi) is 5.48. The van der Waals surface area contributed by atoms with Crippen molar-refractivity contribution in [2.75, 3.05) is 23.9 Å². The van der Waals surface area contributed by atoms with Crippen molar-refractivity contribution < 1.29 is 5.11 Å². The number of hydrogen-bond donors (Lipinski definition) is 2. The molecule has 2 aromatic carbocycles. The highest BCUT2D eigenvalue weighted by Gasteiger charge is 2.42. The van der Waals surface area contributed by atoms with Crippen LogP contribution < -0.4 is 15.1 Å². The van der Waals surface area contributed by atoms with Gasteiger partial charge in [0.1, 0.15) is 11.8 Å². The number of phenolic OH excluding ortho intramolecular Hbond substituents is 1. The van der Waals surface area contributed by atoms with Crippen LogP contribution in [0.15, 0.2) is 91.3 Å². The van der Waals surface area contributed by atoms with Crippen molar-refractivity contribution in [1.29, 1.82) is 0 Å². The highest BCUT2D eigenvalue weighted by Crippen LogP contribution is 2.42. The number of nitrogens with zero attached hydrogens (tertiary/aromatic N) is 4. The average Bonchev–Trinajstić information content (AvgIpc) is 3.44. The monoisotopic (exact) mass is 455 g/mol. The van der Waals surface area contributed by atoms with Gasteiger partial charge >= 0.3 is 0 Å². The molecule has 5 rings (SSSR count). The van der Waals surface area contributed by atoms with E-state index in [2.05, 4.69) is 55.0 Å². The summed E-state index contributed by atoms with van der Waals surface area (Å²) in [6, 6.07) is 25.5. The molecule has 0 unspecified atom stereocenters. The highest BCUT2D eigenvalue weighted by molar-refractivity contribution is 7.80. The van der Waals surface area contributed by atoms with E-state index in [9.17, 15) is 5.11 Å². The fraction of sp³-hybridized carbons (Fsp3) is 0.154. The second-order valence-electron chi connectivity index (χ2n) is 8.23. The summed E-state index contributed by atoms with van der Waals surface area (Å²) in [5.74, 6) is 0.241. The average molecular weight is 456 g/mol. The minimum Gasteiger partial charge on any atom is -0.508 e. The molecule has 33 heavy (non-hydrogen) atoms. The van der Waals surface area contributed by atoms with Gasteiger partial charge < -0.3 is 24.8 Å². The molecule has 4 aromatic rings. The van der Waals surface area contributed by atoms with E-state index in [0.717, 1.165) is 28.5 Å². The first-order valence-electron chi connectivity index (χ1n) is 10.8. The van der Waals surface area contributed by atoms with E-state index in [1.807, 2.05) is 62.9 Å². The Hall–Kier alpha value is -3.84. The number of rotatable bonds is 5. The Bertz CT molecular complexity index is 1250. The lowest BCUT2D eigenvalue weighted by molar-refractivity contribution is 0.475. The van der Waals surface area contributed by atoms with Crippen molar-refractivity contribution in [2.24, 2.45) is 0 Å². The number of thiocarbonyl (C=S) groups is 1. The molecule has 2 aromatic heterocycles. The first-order valence-corrected chi connectivity index (χ1v) is 11.2. The molecule has 166 valence electrons. The maximum Gasteiger partial charge on any atom is 0.174 e. The lowest BCUT2D eigenvalue weighted by atomic mass is 10.0. The van der Waals surface area contributed by atoms with Gasteiger partial charge in [0, 0.05) is 49.2 Å². The number of benzene rings is 2. The molecule has 0 amide bonds. The van der Waals surface area contributed by atoms with Crippen LogP contribution in [0.25, 0.3) is 5.69 Å². The smallest absolute Gasteiger partial charge is 0.174 e. The third kappa shape index (κ3) is 3.91. The molecule has 0 aliphatic carbocycles. The zero-order chi connectivity index (χ0) is 22.9. The van der Waals surface area contributed by atoms with Crippen LogP contribution in [0.1, 0.15) is 23.5 Å². The number of aromatic nitrogens is 2. The van der Waals surface area contributed by atoms with Crippen LogP contribution in [0.3, 0.4) is 0 Å². The highest BCUT2D eigenvalue weighted by atomic mass is 32.1. The Morgan fingerprint density at radius 3 is 2.30 bits per heavy atom. The minimum absolute atomic E-state index is 0.124. The fourth-order valence-electron chi connectivity index (χ4n) is 4.33. The molecule has 3 heterocycles. The third-order valence-corrected chi connectivity index (χ3v) is 6.27. The van der Waals surface area contributed by atoms with Gasteiger partial charge in [-0.25, -0.2) is 0 Å². The first kappa shape index (κ1) is 21.0. The Morgan fingerprint density at radius 1 is 0.909 bits per heavy atom. The van der Waals surface area contributed by atoms with Crippen molar-refractivity contribution >= 4 is 28.7 Å². The second-order valence-corrected chi connectivity index (χ2v) is 8.61. The summed E-state index contributed by atoms with van der Waals surface area (Å²) < 4.78 is 2.14. The number of pyridine rings is 1. The number of nitrogens with one attached hydrogen (secondary N) is 1. The van der Waals surface area contributed by atoms with Crippen LogP contribution in [-0.2, 0) is 0 Å². The zero-order valence-electron chi connectivity index (χ0n) is 18.5. The summed E-state index contributed by atoms with van der Waals surface area (Å²) in [5, 5.41) is 13.9. The van der Waals surface area contributed by atoms with Crippen molar-refractivity contribution in [2.45, 2.75) is 12.1 Å². The van der Waals surface area contributed by atoms with E-state index < -0.39 is 0 Å². The van der Waals surface area contributed by atoms with Gasteiger partial charge in [-0.3, -0.25) is 4.98 Å². The predicted octanol–water partition coefficient (Wildman–Crippen LogP) is 4.82. The van der Waals surface area contributed by atoms with Crippen LogP contribution in [0.4, 0.5) is 11.4 Å². The number of phenols is 1. The Morgan fingerprint density at radius 2 is 1.64 bits per heavy atom. The molecule has 1 aliphatic heterocycles. The molecule has 6 nitrogen and oxygen atoms in total. The molecule has 0 radical (unpaired) electrons. The molecule has 0 bridgehead atoms. The van der Waals surface area contributed by atoms with Crippen molar-refractivity contribution in [3.05, 3.63) is 103 Å². The van der Waals surface area contributed by atoms with Crippen molar-refractivity contribution in [1.82, 2.24) is 14.9 Å². The van der Waals surface area contributed by atoms with Crippen LogP contribution in [0, 0.1) is 0 Å². The summed E-state index contributed by atoms with van der Waals surface area (Å²) in [6.45, 7) is 0. The van der Waals surface area contributed by atoms with Crippen LogP contribution in [-0.4, -0.2) is 33.9 Å². The number of hydrogen-bond acceptors (Lipinski definition) is 4. The lowest BCUT2D eigenvalue weighted by Crippen LogP contribution is -2.30. The third-order valence-electron chi connectivity index (χ3n) is 5.95. The molecular weight excluding hydrogens is 430 g/mol. The van der Waals surface area contributed by atoms with Gasteiger partial charge in [-0.05, 0) is 85.0 Å². The molecule has 1 saturated heterocycles. The molecule has 0 spiro atoms. The first-order chi connectivity index (χ1) is 16.0. The fourth-order valence-corrected chi connectivity index (χ4v) is 4.67. The van der Waals surface area contributed by atoms with Crippen LogP contribution >= 0.6 is 12.2 Å². The summed E-state index contributed by atoms with van der Waals surface area (Å²) in [6.07, 6.45) is 3.84. The summed E-state index contributed by atoms with van der Waals surface area (Å²) in [5.41, 5.74) is 5.10. The largest absolute Gasteiger partial charge is 0.508 e. The standard InChI is InChI=1S/C26H25N5OS/c1-29(2)18-8-10-20(11-9-18)31-25(24(28-26(31)33)22-6-3-4-16-27-22)23-7-5-17-30(23)19-12-14-21(32)15-13-19/h3-17,24-25,32H,1-2H3,(H,28,33)/t24-,25-/m0/s1. The van der Waals surface area contributed by atoms with Gasteiger partial charge in [0.2, 0.25) is 0 Å². The quantitative estimate of drug-likeness (QED) is 0.421. The van der Waals surface area contributed by atoms with Crippen molar-refractivity contribution in [3.8, 4) is 11.4 Å². The van der Waals surface area contributed by atoms with E-state index in [1.165, 1.54) is 0 Å². The Balaban J connectivity index is 1.63. The van der Waals surface area contributed by atoms with E-state index in [4.69, 9.17) is 12.2 Å². The maximum atomic E-state index is 9.76. The van der Waals surface area contributed by atoms with E-state index >= 15 is 0 Å². The molecule has 1 aliphatic rings. The van der Waals surface area contributed by atoms with Gasteiger partial charge in [-0.15, -0.1) is 0 Å². The number of aromatic hydroxyl groups is 1. The lowest BCUT2D eigenvalue weighted by Gasteiger charge is -2.29. The number of anilines is 2. The van der Waals surface area contributed by atoms with E-state index in [1.54, 1.807) is 12.1 Å². The molecule has 1 fully saturated rings. The van der Waals surface area contributed by atoms with Gasteiger partial charge in [0.05, 0.1) is 11.7 Å². The SMILES string of the molecule is CN(C)c1ccc(N2C(=S)N[C@@H](c3ccccn3)[C@@H]2c2cccn2-c2ccc(O)cc2)cc1. The van der Waals surface area contributed by atoms with Gasteiger partial charge in [0.25, 0.3) is 0 Å². The molecule has 2 atom stereocenters. The normalized spacial score (nSPS) is 17.8. The minimum atomic E-state index is -0.127. The summed E-state index contributed by atoms with van der Waals surface area (Å²) in [7, 11) is 4.06. The van der Waals surface area contributed by atoms with E-state index in [0.29, 0.717) is 5.11 Å².